The van der Waals surface area contributed by atoms with Crippen molar-refractivity contribution >= 4 is 17.2 Å². The zero-order chi connectivity index (χ0) is 15.2. The standard InChI is InChI=1S/C15H12FNO3S/c16-10-3-6-14(19)13(8-10)15(20)17-9-12-5-4-11(21-12)2-1-7-18/h3-6,8,18-19H,7,9H2,(H,17,20). The van der Waals surface area contributed by atoms with Gasteiger partial charge in [-0.1, -0.05) is 11.8 Å². The van der Waals surface area contributed by atoms with Crippen molar-refractivity contribution in [1.29, 1.82) is 0 Å². The number of halogens is 1. The van der Waals surface area contributed by atoms with Crippen molar-refractivity contribution < 1.29 is 19.4 Å². The Bertz CT molecular complexity index is 715. The third-order valence-electron chi connectivity index (χ3n) is 2.58. The van der Waals surface area contributed by atoms with Gasteiger partial charge in [-0.05, 0) is 30.3 Å². The predicted octanol–water partition coefficient (Wildman–Crippen LogP) is 1.87. The van der Waals surface area contributed by atoms with Crippen LogP contribution in [-0.4, -0.2) is 22.7 Å². The number of carbonyl (C=O) groups excluding carboxylic acids is 1. The lowest BCUT2D eigenvalue weighted by Gasteiger charge is -2.05. The van der Waals surface area contributed by atoms with Gasteiger partial charge in [0.2, 0.25) is 0 Å². The molecule has 1 aromatic heterocycles. The average Bonchev–Trinajstić information content (AvgIpc) is 2.93. The van der Waals surface area contributed by atoms with Crippen LogP contribution in [0.2, 0.25) is 0 Å². The molecule has 0 unspecified atom stereocenters. The van der Waals surface area contributed by atoms with Crippen LogP contribution < -0.4 is 5.32 Å². The van der Waals surface area contributed by atoms with Crippen LogP contribution in [0.25, 0.3) is 0 Å². The van der Waals surface area contributed by atoms with E-state index in [9.17, 15) is 14.3 Å². The number of hydrogen-bond donors (Lipinski definition) is 3. The number of phenolic OH excluding ortho intramolecular Hbond substituents is 1. The van der Waals surface area contributed by atoms with Gasteiger partial charge in [-0.3, -0.25) is 4.79 Å². The Kier molecular flexibility index (Phi) is 4.93. The normalized spacial score (nSPS) is 9.81. The van der Waals surface area contributed by atoms with E-state index in [-0.39, 0.29) is 24.5 Å². The van der Waals surface area contributed by atoms with Crippen molar-refractivity contribution in [2.45, 2.75) is 6.54 Å². The molecule has 0 aliphatic carbocycles. The quantitative estimate of drug-likeness (QED) is 0.758. The van der Waals surface area contributed by atoms with E-state index in [0.717, 1.165) is 28.0 Å². The number of benzene rings is 1. The molecule has 1 heterocycles. The van der Waals surface area contributed by atoms with E-state index in [1.54, 1.807) is 12.1 Å². The summed E-state index contributed by atoms with van der Waals surface area (Å²) in [6.45, 7) is 0.0447. The highest BCUT2D eigenvalue weighted by Gasteiger charge is 2.12. The number of thiophene rings is 1. The first-order valence-electron chi connectivity index (χ1n) is 6.05. The van der Waals surface area contributed by atoms with Crippen molar-refractivity contribution in [2.75, 3.05) is 6.61 Å². The molecule has 21 heavy (non-hydrogen) atoms. The Morgan fingerprint density at radius 3 is 2.90 bits per heavy atom. The molecule has 2 rings (SSSR count). The van der Waals surface area contributed by atoms with E-state index in [2.05, 4.69) is 17.2 Å². The molecule has 1 amide bonds. The summed E-state index contributed by atoms with van der Waals surface area (Å²) in [6.07, 6.45) is 0. The molecule has 0 atom stereocenters. The molecule has 1 aromatic carbocycles. The number of aromatic hydroxyl groups is 1. The van der Waals surface area contributed by atoms with E-state index < -0.39 is 11.7 Å². The molecule has 0 saturated heterocycles. The fourth-order valence-electron chi connectivity index (χ4n) is 1.62. The van der Waals surface area contributed by atoms with Crippen LogP contribution in [0.5, 0.6) is 5.75 Å². The fraction of sp³-hybridized carbons (Fsp3) is 0.133. The molecule has 0 aliphatic rings. The minimum absolute atomic E-state index is 0.105. The molecule has 6 heteroatoms. The van der Waals surface area contributed by atoms with Gasteiger partial charge in [0, 0.05) is 4.88 Å². The van der Waals surface area contributed by atoms with Gasteiger partial charge in [0.05, 0.1) is 17.0 Å². The van der Waals surface area contributed by atoms with Crippen LogP contribution in [0.3, 0.4) is 0 Å². The number of amides is 1. The molecule has 0 aliphatic heterocycles. The Morgan fingerprint density at radius 1 is 1.33 bits per heavy atom. The second kappa shape index (κ2) is 6.88. The molecule has 0 bridgehead atoms. The summed E-state index contributed by atoms with van der Waals surface area (Å²) in [5.74, 6) is 3.89. The van der Waals surface area contributed by atoms with Gasteiger partial charge in [0.25, 0.3) is 5.91 Å². The van der Waals surface area contributed by atoms with Crippen molar-refractivity contribution in [3.8, 4) is 17.6 Å². The number of rotatable bonds is 3. The number of phenols is 1. The number of aliphatic hydroxyl groups is 1. The lowest BCUT2D eigenvalue weighted by molar-refractivity contribution is 0.0948. The summed E-state index contributed by atoms with van der Waals surface area (Å²) in [4.78, 5) is 13.5. The van der Waals surface area contributed by atoms with E-state index in [1.807, 2.05) is 0 Å². The summed E-state index contributed by atoms with van der Waals surface area (Å²) >= 11 is 1.38. The van der Waals surface area contributed by atoms with Gasteiger partial charge in [-0.15, -0.1) is 11.3 Å². The lowest BCUT2D eigenvalue weighted by atomic mass is 10.2. The second-order valence-electron chi connectivity index (χ2n) is 4.07. The Labute approximate surface area is 124 Å². The molecule has 108 valence electrons. The van der Waals surface area contributed by atoms with Gasteiger partial charge in [-0.25, -0.2) is 4.39 Å². The summed E-state index contributed by atoms with van der Waals surface area (Å²) in [5, 5.41) is 20.7. The third kappa shape index (κ3) is 4.05. The Hall–Kier alpha value is -2.36. The Balaban J connectivity index is 2.01. The zero-order valence-electron chi connectivity index (χ0n) is 10.9. The maximum atomic E-state index is 13.1. The first-order chi connectivity index (χ1) is 10.1. The molecule has 4 nitrogen and oxygen atoms in total. The molecule has 0 radical (unpaired) electrons. The van der Waals surface area contributed by atoms with Crippen LogP contribution in [0.1, 0.15) is 20.1 Å². The van der Waals surface area contributed by atoms with Crippen LogP contribution in [0.4, 0.5) is 4.39 Å². The van der Waals surface area contributed by atoms with Crippen molar-refractivity contribution in [3.63, 3.8) is 0 Å². The Morgan fingerprint density at radius 2 is 2.14 bits per heavy atom. The monoisotopic (exact) mass is 305 g/mol. The van der Waals surface area contributed by atoms with Gasteiger partial charge in [0.1, 0.15) is 18.2 Å². The molecule has 2 aromatic rings. The van der Waals surface area contributed by atoms with Gasteiger partial charge >= 0.3 is 0 Å². The van der Waals surface area contributed by atoms with Crippen LogP contribution >= 0.6 is 11.3 Å². The highest BCUT2D eigenvalue weighted by atomic mass is 32.1. The van der Waals surface area contributed by atoms with E-state index in [0.29, 0.717) is 0 Å². The van der Waals surface area contributed by atoms with Crippen LogP contribution in [-0.2, 0) is 6.54 Å². The molecular weight excluding hydrogens is 293 g/mol. The van der Waals surface area contributed by atoms with Gasteiger partial charge < -0.3 is 15.5 Å². The number of carbonyl (C=O) groups is 1. The zero-order valence-corrected chi connectivity index (χ0v) is 11.7. The van der Waals surface area contributed by atoms with E-state index in [4.69, 9.17) is 5.11 Å². The minimum atomic E-state index is -0.587. The van der Waals surface area contributed by atoms with Gasteiger partial charge in [0.15, 0.2) is 0 Å². The number of hydrogen-bond acceptors (Lipinski definition) is 4. The SMILES string of the molecule is O=C(NCc1ccc(C#CCO)s1)c1cc(F)ccc1O. The molecule has 0 spiro atoms. The molecular formula is C15H12FNO3S. The molecule has 3 N–H and O–H groups in total. The molecule has 0 fully saturated rings. The largest absolute Gasteiger partial charge is 0.507 e. The summed E-state index contributed by atoms with van der Waals surface area (Å²) in [5.41, 5.74) is -0.105. The fourth-order valence-corrected chi connectivity index (χ4v) is 2.44. The topological polar surface area (TPSA) is 69.6 Å². The minimum Gasteiger partial charge on any atom is -0.507 e. The average molecular weight is 305 g/mol. The van der Waals surface area contributed by atoms with Gasteiger partial charge in [-0.2, -0.15) is 0 Å². The van der Waals surface area contributed by atoms with Crippen molar-refractivity contribution in [3.05, 3.63) is 51.5 Å². The first kappa shape index (κ1) is 15.0. The summed E-state index contributed by atoms with van der Waals surface area (Å²) in [6, 6.07) is 6.79. The first-order valence-corrected chi connectivity index (χ1v) is 6.87. The summed E-state index contributed by atoms with van der Waals surface area (Å²) in [7, 11) is 0. The van der Waals surface area contributed by atoms with Crippen molar-refractivity contribution in [2.24, 2.45) is 0 Å². The second-order valence-corrected chi connectivity index (χ2v) is 5.24. The maximum absolute atomic E-state index is 13.1. The van der Waals surface area contributed by atoms with E-state index >= 15 is 0 Å². The predicted molar refractivity (Wildman–Crippen MR) is 77.5 cm³/mol. The number of aliphatic hydroxyl groups excluding tert-OH is 1. The van der Waals surface area contributed by atoms with Crippen LogP contribution in [0.15, 0.2) is 30.3 Å². The molecule has 0 saturated carbocycles. The highest BCUT2D eigenvalue weighted by molar-refractivity contribution is 7.12. The van der Waals surface area contributed by atoms with Crippen LogP contribution in [0, 0.1) is 17.7 Å². The third-order valence-corrected chi connectivity index (χ3v) is 3.58. The van der Waals surface area contributed by atoms with Crippen molar-refractivity contribution in [1.82, 2.24) is 5.32 Å². The number of nitrogens with one attached hydrogen (secondary N) is 1. The maximum Gasteiger partial charge on any atom is 0.255 e. The lowest BCUT2D eigenvalue weighted by Crippen LogP contribution is -2.22. The van der Waals surface area contributed by atoms with E-state index in [1.165, 1.54) is 11.3 Å². The summed E-state index contributed by atoms with van der Waals surface area (Å²) < 4.78 is 13.1. The highest BCUT2D eigenvalue weighted by Crippen LogP contribution is 2.19. The smallest absolute Gasteiger partial charge is 0.255 e.